The molecule has 1 heterocycles. The molecule has 0 saturated heterocycles. The fraction of sp³-hybridized carbons (Fsp3) is 0.160. The predicted molar refractivity (Wildman–Crippen MR) is 125 cm³/mol. The van der Waals surface area contributed by atoms with Gasteiger partial charge in [0.05, 0.1) is 39.8 Å². The van der Waals surface area contributed by atoms with Crippen molar-refractivity contribution >= 4 is 24.3 Å². The van der Waals surface area contributed by atoms with Crippen LogP contribution in [0.5, 0.6) is 34.5 Å². The molecule has 0 radical (unpaired) electrons. The molecule has 7 heteroatoms. The Labute approximate surface area is 186 Å². The lowest BCUT2D eigenvalue weighted by molar-refractivity contribution is 0.340. The third-order valence-electron chi connectivity index (χ3n) is 4.69. The monoisotopic (exact) mass is 435 g/mol. The van der Waals surface area contributed by atoms with Crippen molar-refractivity contribution in [3.05, 3.63) is 65.0 Å². The molecule has 32 heavy (non-hydrogen) atoms. The second-order valence-electron chi connectivity index (χ2n) is 6.70. The number of phenols is 2. The van der Waals surface area contributed by atoms with Crippen molar-refractivity contribution in [1.82, 2.24) is 4.98 Å². The van der Waals surface area contributed by atoms with Gasteiger partial charge >= 0.3 is 0 Å². The van der Waals surface area contributed by atoms with Gasteiger partial charge in [0.25, 0.3) is 0 Å². The van der Waals surface area contributed by atoms with E-state index in [0.29, 0.717) is 23.0 Å². The maximum Gasteiger partial charge on any atom is 0.200 e. The Morgan fingerprint density at radius 1 is 0.594 bits per heavy atom. The smallest absolute Gasteiger partial charge is 0.200 e. The first-order valence-corrected chi connectivity index (χ1v) is 9.72. The van der Waals surface area contributed by atoms with Crippen LogP contribution in [-0.4, -0.2) is 43.6 Å². The van der Waals surface area contributed by atoms with E-state index in [-0.39, 0.29) is 11.5 Å². The van der Waals surface area contributed by atoms with Crippen LogP contribution in [0, 0.1) is 0 Å². The predicted octanol–water partition coefficient (Wildman–Crippen LogP) is 4.87. The van der Waals surface area contributed by atoms with Gasteiger partial charge in [0.2, 0.25) is 11.5 Å². The lowest BCUT2D eigenvalue weighted by Gasteiger charge is -2.09. The summed E-state index contributed by atoms with van der Waals surface area (Å²) in [6.45, 7) is 0. The number of methoxy groups -OCH3 is 4. The number of benzene rings is 2. The van der Waals surface area contributed by atoms with E-state index >= 15 is 0 Å². The minimum absolute atomic E-state index is 0.0418. The minimum atomic E-state index is -0.0418. The molecule has 0 atom stereocenters. The van der Waals surface area contributed by atoms with Gasteiger partial charge in [0.1, 0.15) is 0 Å². The van der Waals surface area contributed by atoms with Crippen molar-refractivity contribution in [2.24, 2.45) is 0 Å². The molecule has 0 unspecified atom stereocenters. The van der Waals surface area contributed by atoms with Crippen LogP contribution in [0.25, 0.3) is 24.3 Å². The molecule has 0 aliphatic heterocycles. The number of hydrogen-bond donors (Lipinski definition) is 2. The number of phenolic OH excluding ortho intramolecular Hbond substituents is 2. The van der Waals surface area contributed by atoms with Crippen molar-refractivity contribution < 1.29 is 29.2 Å². The topological polar surface area (TPSA) is 90.3 Å². The van der Waals surface area contributed by atoms with Crippen LogP contribution in [0.2, 0.25) is 0 Å². The van der Waals surface area contributed by atoms with Gasteiger partial charge in [0.15, 0.2) is 23.0 Å². The Kier molecular flexibility index (Phi) is 7.23. The number of aromatic hydroxyl groups is 2. The lowest BCUT2D eigenvalue weighted by Crippen LogP contribution is -1.90. The van der Waals surface area contributed by atoms with Gasteiger partial charge in [-0.15, -0.1) is 0 Å². The van der Waals surface area contributed by atoms with Gasteiger partial charge < -0.3 is 29.2 Å². The molecule has 0 saturated carbocycles. The fourth-order valence-corrected chi connectivity index (χ4v) is 3.04. The molecule has 0 aliphatic carbocycles. The Hall–Kier alpha value is -4.13. The highest BCUT2D eigenvalue weighted by Crippen LogP contribution is 2.38. The van der Waals surface area contributed by atoms with E-state index in [4.69, 9.17) is 18.9 Å². The Morgan fingerprint density at radius 3 is 1.25 bits per heavy atom. The van der Waals surface area contributed by atoms with E-state index in [0.717, 1.165) is 22.5 Å². The molecule has 0 aliphatic rings. The van der Waals surface area contributed by atoms with Crippen molar-refractivity contribution in [2.45, 2.75) is 0 Å². The SMILES string of the molecule is COc1cc(/C=C/c2cccc(/C=C/c3cc(OC)c(O)c(OC)c3)n2)cc(OC)c1O. The zero-order chi connectivity index (χ0) is 23.1. The Balaban J connectivity index is 1.84. The Bertz CT molecular complexity index is 1020. The fourth-order valence-electron chi connectivity index (χ4n) is 3.04. The van der Waals surface area contributed by atoms with E-state index in [1.54, 1.807) is 24.3 Å². The summed E-state index contributed by atoms with van der Waals surface area (Å²) in [5.74, 6) is 1.23. The quantitative estimate of drug-likeness (QED) is 0.522. The highest BCUT2D eigenvalue weighted by atomic mass is 16.5. The maximum absolute atomic E-state index is 10.0. The van der Waals surface area contributed by atoms with Crippen molar-refractivity contribution in [3.63, 3.8) is 0 Å². The number of hydrogen-bond acceptors (Lipinski definition) is 7. The second kappa shape index (κ2) is 10.3. The first kappa shape index (κ1) is 22.6. The minimum Gasteiger partial charge on any atom is -0.502 e. The van der Waals surface area contributed by atoms with Crippen molar-refractivity contribution in [2.75, 3.05) is 28.4 Å². The van der Waals surface area contributed by atoms with Crippen LogP contribution in [0.15, 0.2) is 42.5 Å². The van der Waals surface area contributed by atoms with Gasteiger partial charge in [-0.2, -0.15) is 0 Å². The first-order valence-electron chi connectivity index (χ1n) is 9.72. The average molecular weight is 435 g/mol. The number of nitrogens with zero attached hydrogens (tertiary/aromatic N) is 1. The molecule has 0 amide bonds. The molecule has 1 aromatic heterocycles. The van der Waals surface area contributed by atoms with E-state index in [1.165, 1.54) is 28.4 Å². The van der Waals surface area contributed by atoms with Gasteiger partial charge in [-0.1, -0.05) is 18.2 Å². The summed E-state index contributed by atoms with van der Waals surface area (Å²) in [5.41, 5.74) is 3.09. The summed E-state index contributed by atoms with van der Waals surface area (Å²) in [5, 5.41) is 20.1. The van der Waals surface area contributed by atoms with Crippen LogP contribution < -0.4 is 18.9 Å². The van der Waals surface area contributed by atoms with Crippen LogP contribution in [0.1, 0.15) is 22.5 Å². The molecule has 2 aromatic carbocycles. The number of pyridine rings is 1. The third-order valence-corrected chi connectivity index (χ3v) is 4.69. The van der Waals surface area contributed by atoms with E-state index in [9.17, 15) is 10.2 Å². The van der Waals surface area contributed by atoms with Crippen molar-refractivity contribution in [1.29, 1.82) is 0 Å². The zero-order valence-electron chi connectivity index (χ0n) is 18.3. The Morgan fingerprint density at radius 2 is 0.938 bits per heavy atom. The van der Waals surface area contributed by atoms with Gasteiger partial charge in [-0.3, -0.25) is 0 Å². The largest absolute Gasteiger partial charge is 0.502 e. The molecule has 3 rings (SSSR count). The molecule has 7 nitrogen and oxygen atoms in total. The standard InChI is InChI=1S/C25H25NO6/c1-29-20-12-16(13-21(30-2)24(20)27)8-10-18-6-5-7-19(26-18)11-9-17-14-22(31-3)25(28)23(15-17)32-4/h5-15,27-28H,1-4H3/b10-8+,11-9+. The van der Waals surface area contributed by atoms with Crippen LogP contribution in [0.4, 0.5) is 0 Å². The summed E-state index contributed by atoms with van der Waals surface area (Å²) < 4.78 is 20.8. The van der Waals surface area contributed by atoms with E-state index < -0.39 is 0 Å². The van der Waals surface area contributed by atoms with Crippen LogP contribution in [-0.2, 0) is 0 Å². The molecular weight excluding hydrogens is 410 g/mol. The van der Waals surface area contributed by atoms with Gasteiger partial charge in [-0.25, -0.2) is 4.98 Å². The maximum atomic E-state index is 10.0. The number of ether oxygens (including phenoxy) is 4. The van der Waals surface area contributed by atoms with E-state index in [1.807, 2.05) is 42.5 Å². The molecule has 0 bridgehead atoms. The van der Waals surface area contributed by atoms with Crippen LogP contribution in [0.3, 0.4) is 0 Å². The molecule has 0 spiro atoms. The van der Waals surface area contributed by atoms with Gasteiger partial charge in [-0.05, 0) is 59.7 Å². The third kappa shape index (κ3) is 5.13. The average Bonchev–Trinajstić information content (AvgIpc) is 2.82. The first-order chi connectivity index (χ1) is 15.5. The molecule has 3 aromatic rings. The molecular formula is C25H25NO6. The summed E-state index contributed by atoms with van der Waals surface area (Å²) in [6, 6.07) is 12.5. The molecule has 2 N–H and O–H groups in total. The molecule has 166 valence electrons. The lowest BCUT2D eigenvalue weighted by atomic mass is 10.1. The van der Waals surface area contributed by atoms with Crippen LogP contribution >= 0.6 is 0 Å². The summed E-state index contributed by atoms with van der Waals surface area (Å²) in [7, 11) is 5.94. The highest BCUT2D eigenvalue weighted by molar-refractivity contribution is 5.74. The molecule has 0 fully saturated rings. The van der Waals surface area contributed by atoms with Gasteiger partial charge in [0, 0.05) is 0 Å². The number of rotatable bonds is 8. The van der Waals surface area contributed by atoms with Crippen molar-refractivity contribution in [3.8, 4) is 34.5 Å². The summed E-state index contributed by atoms with van der Waals surface area (Å²) in [6.07, 6.45) is 7.43. The highest BCUT2D eigenvalue weighted by Gasteiger charge is 2.11. The summed E-state index contributed by atoms with van der Waals surface area (Å²) in [4.78, 5) is 4.61. The normalized spacial score (nSPS) is 11.1. The second-order valence-corrected chi connectivity index (χ2v) is 6.70. The summed E-state index contributed by atoms with van der Waals surface area (Å²) >= 11 is 0. The number of aromatic nitrogens is 1. The zero-order valence-corrected chi connectivity index (χ0v) is 18.3. The van der Waals surface area contributed by atoms with E-state index in [2.05, 4.69) is 4.98 Å².